The highest BCUT2D eigenvalue weighted by molar-refractivity contribution is 9.10. The topological polar surface area (TPSA) is 45.6 Å². The molecule has 2 aliphatic rings. The fourth-order valence-electron chi connectivity index (χ4n) is 5.15. The summed E-state index contributed by atoms with van der Waals surface area (Å²) in [6.45, 7) is 2.11. The van der Waals surface area contributed by atoms with Crippen molar-refractivity contribution in [3.8, 4) is 5.69 Å². The molecule has 180 valence electrons. The molecule has 3 aromatic carbocycles. The van der Waals surface area contributed by atoms with Crippen LogP contribution in [0.1, 0.15) is 46.1 Å². The first-order valence-electron chi connectivity index (χ1n) is 12.2. The van der Waals surface area contributed by atoms with Crippen molar-refractivity contribution in [3.05, 3.63) is 118 Å². The van der Waals surface area contributed by atoms with E-state index >= 15 is 0 Å². The molecule has 4 aromatic rings. The number of anilines is 1. The molecule has 2 heterocycles. The summed E-state index contributed by atoms with van der Waals surface area (Å²) < 4.78 is 3.08. The van der Waals surface area contributed by atoms with E-state index < -0.39 is 0 Å². The van der Waals surface area contributed by atoms with E-state index in [2.05, 4.69) is 51.7 Å². The van der Waals surface area contributed by atoms with Crippen LogP contribution in [0.4, 0.5) is 5.69 Å². The number of fused-ring (bicyclic) bond motifs is 3. The minimum atomic E-state index is -0.286. The molecule has 1 saturated carbocycles. The summed E-state index contributed by atoms with van der Waals surface area (Å²) in [4.78, 5) is 31.4. The summed E-state index contributed by atoms with van der Waals surface area (Å²) in [5, 5.41) is 0. The third-order valence-electron chi connectivity index (χ3n) is 6.99. The smallest absolute Gasteiger partial charge is 0.254 e. The molecule has 2 amide bonds. The summed E-state index contributed by atoms with van der Waals surface area (Å²) in [5.74, 6) is -0.183. The van der Waals surface area contributed by atoms with E-state index in [0.717, 1.165) is 45.5 Å². The summed E-state index contributed by atoms with van der Waals surface area (Å²) in [7, 11) is 0. The van der Waals surface area contributed by atoms with E-state index in [1.165, 1.54) is 0 Å². The van der Waals surface area contributed by atoms with Crippen LogP contribution in [-0.2, 0) is 4.79 Å². The fraction of sp³-hybridized carbons (Fsp3) is 0.200. The minimum absolute atomic E-state index is 0.0386. The number of halogens is 1. The number of para-hydroxylation sites is 2. The third-order valence-corrected chi connectivity index (χ3v) is 7.52. The molecule has 0 radical (unpaired) electrons. The molecule has 1 unspecified atom stereocenters. The first kappa shape index (κ1) is 22.8. The van der Waals surface area contributed by atoms with E-state index in [-0.39, 0.29) is 30.4 Å². The van der Waals surface area contributed by atoms with Gasteiger partial charge < -0.3 is 9.47 Å². The summed E-state index contributed by atoms with van der Waals surface area (Å²) in [5.41, 5.74) is 5.64. The second-order valence-electron chi connectivity index (χ2n) is 9.54. The second-order valence-corrected chi connectivity index (χ2v) is 10.5. The number of carbonyl (C=O) groups excluding carboxylic acids is 2. The maximum absolute atomic E-state index is 14.2. The monoisotopic (exact) mass is 539 g/mol. The molecule has 0 N–H and O–H groups in total. The Labute approximate surface area is 219 Å². The van der Waals surface area contributed by atoms with Crippen molar-refractivity contribution in [3.63, 3.8) is 0 Å². The van der Waals surface area contributed by atoms with Gasteiger partial charge in [0.05, 0.1) is 17.1 Å². The fourth-order valence-corrected chi connectivity index (χ4v) is 5.42. The van der Waals surface area contributed by atoms with Crippen molar-refractivity contribution in [1.82, 2.24) is 9.47 Å². The van der Waals surface area contributed by atoms with E-state index in [1.807, 2.05) is 71.8 Å². The normalized spacial score (nSPS) is 16.3. The van der Waals surface area contributed by atoms with Crippen molar-refractivity contribution in [2.24, 2.45) is 0 Å². The lowest BCUT2D eigenvalue weighted by Gasteiger charge is -2.39. The van der Waals surface area contributed by atoms with Gasteiger partial charge in [0.1, 0.15) is 12.6 Å². The minimum Gasteiger partial charge on any atom is -0.326 e. The van der Waals surface area contributed by atoms with Crippen molar-refractivity contribution in [1.29, 1.82) is 0 Å². The van der Waals surface area contributed by atoms with Gasteiger partial charge in [0, 0.05) is 22.3 Å². The Bertz CT molecular complexity index is 1460. The van der Waals surface area contributed by atoms with Gasteiger partial charge in [-0.05, 0) is 73.9 Å². The summed E-state index contributed by atoms with van der Waals surface area (Å²) in [6, 6.07) is 27.6. The van der Waals surface area contributed by atoms with Gasteiger partial charge in [-0.3, -0.25) is 14.5 Å². The van der Waals surface area contributed by atoms with Crippen molar-refractivity contribution in [2.45, 2.75) is 31.8 Å². The van der Waals surface area contributed by atoms with Gasteiger partial charge >= 0.3 is 0 Å². The zero-order valence-corrected chi connectivity index (χ0v) is 21.6. The number of rotatable bonds is 5. The number of carbonyl (C=O) groups is 2. The summed E-state index contributed by atoms with van der Waals surface area (Å²) >= 11 is 3.44. The van der Waals surface area contributed by atoms with Crippen LogP contribution in [0.2, 0.25) is 0 Å². The molecule has 1 aliphatic carbocycles. The number of aromatic nitrogens is 1. The SMILES string of the molecule is Cc1cccc(C2c3cccn3-c3ccccc3N2C(=O)CN(C(=O)c2ccc(Br)cc2)C2CC2)c1. The zero-order chi connectivity index (χ0) is 24.8. The quantitative estimate of drug-likeness (QED) is 0.299. The first-order valence-corrected chi connectivity index (χ1v) is 13.0. The number of aryl methyl sites for hydroxylation is 1. The third kappa shape index (κ3) is 4.05. The molecule has 0 spiro atoms. The highest BCUT2D eigenvalue weighted by Crippen LogP contribution is 2.42. The Balaban J connectivity index is 1.41. The Morgan fingerprint density at radius 1 is 0.917 bits per heavy atom. The van der Waals surface area contributed by atoms with Crippen molar-refractivity contribution in [2.75, 3.05) is 11.4 Å². The van der Waals surface area contributed by atoms with Gasteiger partial charge in [-0.25, -0.2) is 0 Å². The molecule has 1 aliphatic heterocycles. The lowest BCUT2D eigenvalue weighted by molar-refractivity contribution is -0.119. The molecule has 0 saturated heterocycles. The van der Waals surface area contributed by atoms with E-state index in [1.54, 1.807) is 4.90 Å². The molecule has 5 nitrogen and oxygen atoms in total. The van der Waals surface area contributed by atoms with E-state index in [0.29, 0.717) is 5.56 Å². The number of hydrogen-bond acceptors (Lipinski definition) is 2. The number of benzene rings is 3. The van der Waals surface area contributed by atoms with Crippen LogP contribution in [0, 0.1) is 6.92 Å². The van der Waals surface area contributed by atoms with Crippen LogP contribution in [0.5, 0.6) is 0 Å². The van der Waals surface area contributed by atoms with Crippen LogP contribution in [0.3, 0.4) is 0 Å². The molecule has 36 heavy (non-hydrogen) atoms. The Kier molecular flexibility index (Phi) is 5.76. The molecular weight excluding hydrogens is 514 g/mol. The number of amides is 2. The summed E-state index contributed by atoms with van der Waals surface area (Å²) in [6.07, 6.45) is 3.90. The van der Waals surface area contributed by atoms with Gasteiger partial charge in [0.2, 0.25) is 5.91 Å². The predicted molar refractivity (Wildman–Crippen MR) is 144 cm³/mol. The molecule has 6 heteroatoms. The lowest BCUT2D eigenvalue weighted by Crippen LogP contribution is -2.47. The maximum Gasteiger partial charge on any atom is 0.254 e. The van der Waals surface area contributed by atoms with Gasteiger partial charge in [0.15, 0.2) is 0 Å². The van der Waals surface area contributed by atoms with E-state index in [4.69, 9.17) is 0 Å². The standard InChI is InChI=1S/C30H26BrN3O2/c1-20-6-4-7-22(18-20)29-27-10-5-17-32(27)25-8-2-3-9-26(25)34(29)28(35)19-33(24-15-16-24)30(36)21-11-13-23(31)14-12-21/h2-14,17-18,24,29H,15-16,19H2,1H3. The first-order chi connectivity index (χ1) is 17.5. The predicted octanol–water partition coefficient (Wildman–Crippen LogP) is 6.29. The van der Waals surface area contributed by atoms with E-state index in [9.17, 15) is 9.59 Å². The Morgan fingerprint density at radius 2 is 1.67 bits per heavy atom. The van der Waals surface area contributed by atoms with Crippen molar-refractivity contribution >= 4 is 33.4 Å². The van der Waals surface area contributed by atoms with Crippen LogP contribution in [0.25, 0.3) is 5.69 Å². The van der Waals surface area contributed by atoms with Gasteiger partial charge in [0.25, 0.3) is 5.91 Å². The lowest BCUT2D eigenvalue weighted by atomic mass is 9.96. The van der Waals surface area contributed by atoms with Gasteiger partial charge in [-0.1, -0.05) is 57.9 Å². The molecule has 0 bridgehead atoms. The number of nitrogens with zero attached hydrogens (tertiary/aromatic N) is 3. The number of hydrogen-bond donors (Lipinski definition) is 0. The van der Waals surface area contributed by atoms with Crippen LogP contribution >= 0.6 is 15.9 Å². The molecule has 1 fully saturated rings. The van der Waals surface area contributed by atoms with Crippen LogP contribution < -0.4 is 4.90 Å². The van der Waals surface area contributed by atoms with Crippen LogP contribution in [-0.4, -0.2) is 33.9 Å². The molecule has 6 rings (SSSR count). The highest BCUT2D eigenvalue weighted by atomic mass is 79.9. The van der Waals surface area contributed by atoms with Gasteiger partial charge in [-0.15, -0.1) is 0 Å². The Morgan fingerprint density at radius 3 is 2.39 bits per heavy atom. The molecular formula is C30H26BrN3O2. The average molecular weight is 540 g/mol. The van der Waals surface area contributed by atoms with Gasteiger partial charge in [-0.2, -0.15) is 0 Å². The largest absolute Gasteiger partial charge is 0.326 e. The zero-order valence-electron chi connectivity index (χ0n) is 20.0. The Hall–Kier alpha value is -3.64. The second kappa shape index (κ2) is 9.10. The average Bonchev–Trinajstić information content (AvgIpc) is 3.61. The molecule has 1 aromatic heterocycles. The molecule has 1 atom stereocenters. The highest BCUT2D eigenvalue weighted by Gasteiger charge is 2.40. The van der Waals surface area contributed by atoms with Crippen LogP contribution in [0.15, 0.2) is 95.6 Å². The van der Waals surface area contributed by atoms with Crippen molar-refractivity contribution < 1.29 is 9.59 Å². The maximum atomic E-state index is 14.2.